The molecule has 0 aliphatic heterocycles. The SMILES string of the molecule is CCNC(=NCC1(c2cccc(F)c2)CC1)NCCc1cccc(C(=O)N(C)C)c1.I. The van der Waals surface area contributed by atoms with Crippen LogP contribution in [0, 0.1) is 5.82 Å². The van der Waals surface area contributed by atoms with Gasteiger partial charge in [-0.05, 0) is 61.6 Å². The predicted molar refractivity (Wildman–Crippen MR) is 135 cm³/mol. The van der Waals surface area contributed by atoms with Crippen molar-refractivity contribution in [3.05, 3.63) is 71.0 Å². The van der Waals surface area contributed by atoms with Gasteiger partial charge in [0.2, 0.25) is 0 Å². The van der Waals surface area contributed by atoms with Crippen molar-refractivity contribution in [2.75, 3.05) is 33.7 Å². The molecular formula is C24H32FIN4O. The van der Waals surface area contributed by atoms with Gasteiger partial charge >= 0.3 is 0 Å². The van der Waals surface area contributed by atoms with Crippen molar-refractivity contribution >= 4 is 35.8 Å². The van der Waals surface area contributed by atoms with Gasteiger partial charge in [-0.1, -0.05) is 24.3 Å². The highest BCUT2D eigenvalue weighted by Crippen LogP contribution is 2.48. The van der Waals surface area contributed by atoms with E-state index in [9.17, 15) is 9.18 Å². The first kappa shape index (κ1) is 25.1. The molecule has 1 aliphatic rings. The van der Waals surface area contributed by atoms with Crippen LogP contribution in [-0.2, 0) is 11.8 Å². The lowest BCUT2D eigenvalue weighted by Crippen LogP contribution is -2.39. The molecule has 0 atom stereocenters. The topological polar surface area (TPSA) is 56.7 Å². The van der Waals surface area contributed by atoms with Crippen LogP contribution in [0.3, 0.4) is 0 Å². The smallest absolute Gasteiger partial charge is 0.253 e. The fourth-order valence-corrected chi connectivity index (χ4v) is 3.52. The number of amides is 1. The lowest BCUT2D eigenvalue weighted by molar-refractivity contribution is 0.0827. The molecule has 0 heterocycles. The summed E-state index contributed by atoms with van der Waals surface area (Å²) >= 11 is 0. The van der Waals surface area contributed by atoms with Crippen LogP contribution in [0.4, 0.5) is 4.39 Å². The molecule has 1 saturated carbocycles. The van der Waals surface area contributed by atoms with E-state index in [1.54, 1.807) is 31.1 Å². The van der Waals surface area contributed by atoms with Crippen molar-refractivity contribution < 1.29 is 9.18 Å². The minimum absolute atomic E-state index is 0. The summed E-state index contributed by atoms with van der Waals surface area (Å²) in [6.45, 7) is 4.15. The molecule has 2 aromatic rings. The number of benzene rings is 2. The zero-order valence-electron chi connectivity index (χ0n) is 18.5. The molecule has 168 valence electrons. The van der Waals surface area contributed by atoms with Gasteiger partial charge in [-0.3, -0.25) is 9.79 Å². The van der Waals surface area contributed by atoms with E-state index in [1.165, 1.54) is 6.07 Å². The Bertz CT molecular complexity index is 912. The van der Waals surface area contributed by atoms with Gasteiger partial charge in [-0.25, -0.2) is 4.39 Å². The molecule has 2 aromatic carbocycles. The average molecular weight is 538 g/mol. The van der Waals surface area contributed by atoms with E-state index >= 15 is 0 Å². The van der Waals surface area contributed by atoms with Crippen molar-refractivity contribution in [2.24, 2.45) is 4.99 Å². The highest BCUT2D eigenvalue weighted by molar-refractivity contribution is 14.0. The van der Waals surface area contributed by atoms with Gasteiger partial charge in [0.05, 0.1) is 6.54 Å². The lowest BCUT2D eigenvalue weighted by atomic mass is 9.96. The highest BCUT2D eigenvalue weighted by Gasteiger charge is 2.44. The Kier molecular flexibility index (Phi) is 9.28. The first-order valence-electron chi connectivity index (χ1n) is 10.5. The molecule has 0 radical (unpaired) electrons. The largest absolute Gasteiger partial charge is 0.357 e. The summed E-state index contributed by atoms with van der Waals surface area (Å²) < 4.78 is 13.6. The standard InChI is InChI=1S/C24H31FN4O.HI/c1-4-26-23(28-17-24(12-13-24)20-9-6-10-21(25)16-20)27-14-11-18-7-5-8-19(15-18)22(30)29(2)3;/h5-10,15-16H,4,11-14,17H2,1-3H3,(H2,26,27,28);1H. The van der Waals surface area contributed by atoms with Crippen molar-refractivity contribution in [3.63, 3.8) is 0 Å². The van der Waals surface area contributed by atoms with E-state index in [-0.39, 0.29) is 41.1 Å². The molecule has 1 aliphatic carbocycles. The molecular weight excluding hydrogens is 506 g/mol. The molecule has 0 aromatic heterocycles. The van der Waals surface area contributed by atoms with Gasteiger partial charge in [0.25, 0.3) is 5.91 Å². The minimum atomic E-state index is -0.192. The number of rotatable bonds is 8. The van der Waals surface area contributed by atoms with E-state index in [2.05, 4.69) is 10.6 Å². The van der Waals surface area contributed by atoms with E-state index in [0.717, 1.165) is 42.9 Å². The molecule has 0 unspecified atom stereocenters. The minimum Gasteiger partial charge on any atom is -0.357 e. The molecule has 0 bridgehead atoms. The Morgan fingerprint density at radius 3 is 2.52 bits per heavy atom. The maximum Gasteiger partial charge on any atom is 0.253 e. The molecule has 0 saturated heterocycles. The number of nitrogens with zero attached hydrogens (tertiary/aromatic N) is 2. The van der Waals surface area contributed by atoms with Crippen LogP contribution in [0.15, 0.2) is 53.5 Å². The molecule has 1 fully saturated rings. The van der Waals surface area contributed by atoms with Crippen molar-refractivity contribution in [1.82, 2.24) is 15.5 Å². The lowest BCUT2D eigenvalue weighted by Gasteiger charge is -2.16. The Morgan fingerprint density at radius 1 is 1.13 bits per heavy atom. The van der Waals surface area contributed by atoms with Crippen molar-refractivity contribution in [3.8, 4) is 0 Å². The zero-order chi connectivity index (χ0) is 21.6. The summed E-state index contributed by atoms with van der Waals surface area (Å²) in [5.41, 5.74) is 2.79. The normalized spacial score (nSPS) is 14.4. The third kappa shape index (κ3) is 6.92. The van der Waals surface area contributed by atoms with Crippen LogP contribution in [0.5, 0.6) is 0 Å². The quantitative estimate of drug-likeness (QED) is 0.304. The number of nitrogens with one attached hydrogen (secondary N) is 2. The molecule has 7 heteroatoms. The second kappa shape index (κ2) is 11.5. The van der Waals surface area contributed by atoms with Gasteiger partial charge < -0.3 is 15.5 Å². The Balaban J connectivity index is 0.00000341. The number of hydrogen-bond acceptors (Lipinski definition) is 2. The van der Waals surface area contributed by atoms with Gasteiger partial charge in [0.1, 0.15) is 5.82 Å². The summed E-state index contributed by atoms with van der Waals surface area (Å²) in [5.74, 6) is 0.579. The molecule has 1 amide bonds. The molecule has 2 N–H and O–H groups in total. The van der Waals surface area contributed by atoms with Gasteiger partial charge in [0.15, 0.2) is 5.96 Å². The third-order valence-electron chi connectivity index (χ3n) is 5.46. The molecule has 0 spiro atoms. The number of aliphatic imine (C=N–C) groups is 1. The van der Waals surface area contributed by atoms with E-state index in [4.69, 9.17) is 4.99 Å². The maximum atomic E-state index is 13.6. The Morgan fingerprint density at radius 2 is 1.87 bits per heavy atom. The molecule has 5 nitrogen and oxygen atoms in total. The fourth-order valence-electron chi connectivity index (χ4n) is 3.52. The Labute approximate surface area is 201 Å². The van der Waals surface area contributed by atoms with Crippen LogP contribution in [0.2, 0.25) is 0 Å². The summed E-state index contributed by atoms with van der Waals surface area (Å²) in [6, 6.07) is 14.6. The number of halogens is 2. The summed E-state index contributed by atoms with van der Waals surface area (Å²) in [6.07, 6.45) is 2.85. The summed E-state index contributed by atoms with van der Waals surface area (Å²) in [4.78, 5) is 18.5. The fraction of sp³-hybridized carbons (Fsp3) is 0.417. The summed E-state index contributed by atoms with van der Waals surface area (Å²) in [7, 11) is 3.51. The number of carbonyl (C=O) groups excluding carboxylic acids is 1. The zero-order valence-corrected chi connectivity index (χ0v) is 20.8. The predicted octanol–water partition coefficient (Wildman–Crippen LogP) is 3.97. The van der Waals surface area contributed by atoms with Crippen LogP contribution < -0.4 is 10.6 Å². The van der Waals surface area contributed by atoms with Crippen molar-refractivity contribution in [2.45, 2.75) is 31.6 Å². The molecule has 3 rings (SSSR count). The van der Waals surface area contributed by atoms with Crippen LogP contribution in [-0.4, -0.2) is 50.5 Å². The third-order valence-corrected chi connectivity index (χ3v) is 5.46. The van der Waals surface area contributed by atoms with E-state index in [0.29, 0.717) is 18.7 Å². The molecule has 31 heavy (non-hydrogen) atoms. The van der Waals surface area contributed by atoms with Crippen LogP contribution in [0.25, 0.3) is 0 Å². The second-order valence-electron chi connectivity index (χ2n) is 8.06. The van der Waals surface area contributed by atoms with Crippen LogP contribution in [0.1, 0.15) is 41.3 Å². The monoisotopic (exact) mass is 538 g/mol. The first-order valence-corrected chi connectivity index (χ1v) is 10.5. The maximum absolute atomic E-state index is 13.6. The van der Waals surface area contributed by atoms with E-state index in [1.807, 2.05) is 37.3 Å². The highest BCUT2D eigenvalue weighted by atomic mass is 127. The second-order valence-corrected chi connectivity index (χ2v) is 8.06. The van der Waals surface area contributed by atoms with Gasteiger partial charge in [0, 0.05) is 38.2 Å². The van der Waals surface area contributed by atoms with Gasteiger partial charge in [-0.2, -0.15) is 0 Å². The number of carbonyl (C=O) groups is 1. The first-order chi connectivity index (χ1) is 14.4. The average Bonchev–Trinajstić information content (AvgIpc) is 3.53. The number of hydrogen-bond donors (Lipinski definition) is 2. The van der Waals surface area contributed by atoms with E-state index < -0.39 is 0 Å². The summed E-state index contributed by atoms with van der Waals surface area (Å²) in [5, 5.41) is 6.65. The Hall–Kier alpha value is -2.16. The van der Waals surface area contributed by atoms with Crippen LogP contribution >= 0.6 is 24.0 Å². The van der Waals surface area contributed by atoms with Crippen molar-refractivity contribution in [1.29, 1.82) is 0 Å². The number of guanidine groups is 1. The van der Waals surface area contributed by atoms with Gasteiger partial charge in [-0.15, -0.1) is 24.0 Å².